The largest absolute Gasteiger partial charge is 0.356 e. The molecule has 0 spiro atoms. The van der Waals surface area contributed by atoms with Gasteiger partial charge in [-0.15, -0.1) is 5.10 Å². The topological polar surface area (TPSA) is 44.1 Å². The minimum Gasteiger partial charge on any atom is -0.356 e. The number of aldehydes is 1. The van der Waals surface area contributed by atoms with Gasteiger partial charge in [0.05, 0.1) is 10.9 Å². The molecule has 2 heterocycles. The lowest BCUT2D eigenvalue weighted by molar-refractivity contribution is -0.0375. The van der Waals surface area contributed by atoms with Crippen molar-refractivity contribution >= 4 is 28.3 Å². The Labute approximate surface area is 210 Å². The van der Waals surface area contributed by atoms with Crippen LogP contribution in [-0.4, -0.2) is 22.7 Å². The fourth-order valence-corrected chi connectivity index (χ4v) is 5.50. The lowest BCUT2D eigenvalue weighted by atomic mass is 9.73. The maximum absolute atomic E-state index is 15.2. The van der Waals surface area contributed by atoms with Crippen molar-refractivity contribution in [2.75, 3.05) is 6.61 Å². The van der Waals surface area contributed by atoms with E-state index < -0.39 is 5.95 Å². The van der Waals surface area contributed by atoms with E-state index in [1.165, 1.54) is 17.6 Å². The van der Waals surface area contributed by atoms with E-state index in [1.54, 1.807) is 4.68 Å². The summed E-state index contributed by atoms with van der Waals surface area (Å²) < 4.78 is 22.8. The molecular formula is C31H29FN2O2. The van der Waals surface area contributed by atoms with Crippen LogP contribution in [0.5, 0.6) is 0 Å². The van der Waals surface area contributed by atoms with E-state index in [4.69, 9.17) is 4.74 Å². The van der Waals surface area contributed by atoms with Crippen LogP contribution in [0.4, 0.5) is 4.39 Å². The number of hydrogen-bond donors (Lipinski definition) is 0. The summed E-state index contributed by atoms with van der Waals surface area (Å²) in [5.41, 5.74) is 6.92. The van der Waals surface area contributed by atoms with Gasteiger partial charge in [-0.3, -0.25) is 4.79 Å². The van der Waals surface area contributed by atoms with E-state index in [0.717, 1.165) is 60.6 Å². The maximum atomic E-state index is 15.2. The summed E-state index contributed by atoms with van der Waals surface area (Å²) in [4.78, 5) is 11.3. The fourth-order valence-electron chi connectivity index (χ4n) is 5.50. The fraction of sp³-hybridized carbons (Fsp3) is 0.290. The van der Waals surface area contributed by atoms with E-state index in [-0.39, 0.29) is 6.23 Å². The SMILES string of the molecule is O=Cc1ccc(C(=C(c2ccccc2)C2CCC2)c2ccc3c(c2)c(F)nn3C2CCCCO2)cc1. The molecular weight excluding hydrogens is 451 g/mol. The zero-order valence-corrected chi connectivity index (χ0v) is 20.2. The minimum absolute atomic E-state index is 0.225. The highest BCUT2D eigenvalue weighted by Crippen LogP contribution is 2.45. The molecule has 1 aromatic heterocycles. The molecule has 2 fully saturated rings. The van der Waals surface area contributed by atoms with Crippen molar-refractivity contribution < 1.29 is 13.9 Å². The van der Waals surface area contributed by atoms with E-state index in [1.807, 2.05) is 42.5 Å². The second-order valence-corrected chi connectivity index (χ2v) is 9.81. The zero-order valence-electron chi connectivity index (χ0n) is 20.2. The number of ether oxygens (including phenoxy) is 1. The molecule has 6 rings (SSSR count). The summed E-state index contributed by atoms with van der Waals surface area (Å²) in [6.07, 6.45) is 7.03. The first kappa shape index (κ1) is 22.9. The predicted molar refractivity (Wildman–Crippen MR) is 140 cm³/mol. The Morgan fingerprint density at radius 3 is 2.33 bits per heavy atom. The summed E-state index contributed by atoms with van der Waals surface area (Å²) in [5, 5.41) is 4.75. The van der Waals surface area contributed by atoms with Crippen molar-refractivity contribution in [3.8, 4) is 0 Å². The van der Waals surface area contributed by atoms with Crippen molar-refractivity contribution in [1.29, 1.82) is 0 Å². The van der Waals surface area contributed by atoms with Gasteiger partial charge in [-0.2, -0.15) is 4.39 Å². The van der Waals surface area contributed by atoms with Gasteiger partial charge < -0.3 is 4.74 Å². The Bertz CT molecular complexity index is 1410. The van der Waals surface area contributed by atoms with Crippen molar-refractivity contribution in [2.45, 2.75) is 44.8 Å². The molecule has 36 heavy (non-hydrogen) atoms. The molecule has 4 aromatic rings. The molecule has 1 aliphatic heterocycles. The quantitative estimate of drug-likeness (QED) is 0.213. The van der Waals surface area contributed by atoms with Gasteiger partial charge in [0.1, 0.15) is 6.29 Å². The van der Waals surface area contributed by atoms with Crippen LogP contribution in [0.15, 0.2) is 72.8 Å². The zero-order chi connectivity index (χ0) is 24.5. The van der Waals surface area contributed by atoms with Gasteiger partial charge in [0.15, 0.2) is 6.23 Å². The highest BCUT2D eigenvalue weighted by Gasteiger charge is 2.28. The molecule has 5 heteroatoms. The average Bonchev–Trinajstić information content (AvgIpc) is 3.24. The smallest absolute Gasteiger partial charge is 0.240 e. The Hall–Kier alpha value is -3.57. The molecule has 0 radical (unpaired) electrons. The number of carbonyl (C=O) groups is 1. The molecule has 1 aliphatic carbocycles. The Kier molecular flexibility index (Phi) is 6.24. The Morgan fingerprint density at radius 2 is 1.67 bits per heavy atom. The third-order valence-corrected chi connectivity index (χ3v) is 7.58. The van der Waals surface area contributed by atoms with Crippen LogP contribution < -0.4 is 0 Å². The molecule has 4 nitrogen and oxygen atoms in total. The number of fused-ring (bicyclic) bond motifs is 1. The van der Waals surface area contributed by atoms with Crippen molar-refractivity contribution in [1.82, 2.24) is 9.78 Å². The van der Waals surface area contributed by atoms with Gasteiger partial charge >= 0.3 is 0 Å². The highest BCUT2D eigenvalue weighted by molar-refractivity contribution is 6.01. The minimum atomic E-state index is -0.471. The molecule has 1 saturated heterocycles. The van der Waals surface area contributed by atoms with Crippen molar-refractivity contribution in [3.63, 3.8) is 0 Å². The van der Waals surface area contributed by atoms with E-state index in [0.29, 0.717) is 23.5 Å². The molecule has 0 amide bonds. The average molecular weight is 481 g/mol. The second kappa shape index (κ2) is 9.82. The van der Waals surface area contributed by atoms with Crippen LogP contribution in [0.25, 0.3) is 22.0 Å². The maximum Gasteiger partial charge on any atom is 0.240 e. The first-order chi connectivity index (χ1) is 17.7. The number of benzene rings is 3. The third kappa shape index (κ3) is 4.18. The summed E-state index contributed by atoms with van der Waals surface area (Å²) in [7, 11) is 0. The third-order valence-electron chi connectivity index (χ3n) is 7.58. The predicted octanol–water partition coefficient (Wildman–Crippen LogP) is 7.45. The number of halogens is 1. The van der Waals surface area contributed by atoms with Gasteiger partial charge in [-0.1, -0.05) is 67.1 Å². The molecule has 1 unspecified atom stereocenters. The van der Waals surface area contributed by atoms with Crippen LogP contribution in [0.2, 0.25) is 0 Å². The molecule has 0 bridgehead atoms. The van der Waals surface area contributed by atoms with Crippen molar-refractivity contribution in [3.05, 3.63) is 101 Å². The van der Waals surface area contributed by atoms with Gasteiger partial charge in [-0.25, -0.2) is 4.68 Å². The number of hydrogen-bond acceptors (Lipinski definition) is 3. The number of nitrogens with zero attached hydrogens (tertiary/aromatic N) is 2. The normalized spacial score (nSPS) is 19.1. The summed E-state index contributed by atoms with van der Waals surface area (Å²) in [5.74, 6) is -0.0337. The van der Waals surface area contributed by atoms with Crippen LogP contribution >= 0.6 is 0 Å². The van der Waals surface area contributed by atoms with Gasteiger partial charge in [-0.05, 0) is 78.0 Å². The number of rotatable bonds is 6. The molecule has 1 saturated carbocycles. The second-order valence-electron chi connectivity index (χ2n) is 9.81. The van der Waals surface area contributed by atoms with Crippen LogP contribution in [0.3, 0.4) is 0 Å². The molecule has 182 valence electrons. The van der Waals surface area contributed by atoms with E-state index >= 15 is 4.39 Å². The molecule has 1 atom stereocenters. The van der Waals surface area contributed by atoms with Crippen LogP contribution in [0, 0.1) is 11.9 Å². The monoisotopic (exact) mass is 480 g/mol. The molecule has 3 aromatic carbocycles. The van der Waals surface area contributed by atoms with Gasteiger partial charge in [0.2, 0.25) is 5.95 Å². The molecule has 2 aliphatic rings. The van der Waals surface area contributed by atoms with Crippen LogP contribution in [0.1, 0.15) is 71.8 Å². The number of aromatic nitrogens is 2. The lowest BCUT2D eigenvalue weighted by Gasteiger charge is -2.31. The molecule has 0 N–H and O–H groups in total. The highest BCUT2D eigenvalue weighted by atomic mass is 19.1. The summed E-state index contributed by atoms with van der Waals surface area (Å²) in [6, 6.07) is 24.2. The first-order valence-electron chi connectivity index (χ1n) is 12.9. The van der Waals surface area contributed by atoms with Crippen molar-refractivity contribution in [2.24, 2.45) is 5.92 Å². The summed E-state index contributed by atoms with van der Waals surface area (Å²) >= 11 is 0. The van der Waals surface area contributed by atoms with E-state index in [2.05, 4.69) is 35.4 Å². The Morgan fingerprint density at radius 1 is 0.889 bits per heavy atom. The van der Waals surface area contributed by atoms with Crippen LogP contribution in [-0.2, 0) is 4.74 Å². The Balaban J connectivity index is 1.56. The summed E-state index contributed by atoms with van der Waals surface area (Å²) in [6.45, 7) is 0.678. The lowest BCUT2D eigenvalue weighted by Crippen LogP contribution is -2.19. The first-order valence-corrected chi connectivity index (χ1v) is 12.9. The van der Waals surface area contributed by atoms with Gasteiger partial charge in [0.25, 0.3) is 0 Å². The number of allylic oxidation sites excluding steroid dienone is 1. The van der Waals surface area contributed by atoms with Gasteiger partial charge in [0, 0.05) is 12.2 Å². The standard InChI is InChI=1S/C31H29FN2O2/c32-31-26-19-25(16-17-27(26)34(33-31)28-11-4-5-18-36-28)30(24-14-12-21(20-35)13-15-24)29(23-9-6-10-23)22-7-2-1-3-8-22/h1-3,7-8,12-17,19-20,23,28H,4-6,9-11,18H2. The van der Waals surface area contributed by atoms with E-state index in [9.17, 15) is 4.79 Å². The number of carbonyl (C=O) groups excluding carboxylic acids is 1.